The van der Waals surface area contributed by atoms with Crippen LogP contribution in [0.25, 0.3) is 0 Å². The van der Waals surface area contributed by atoms with Gasteiger partial charge in [0.1, 0.15) is 11.5 Å². The summed E-state index contributed by atoms with van der Waals surface area (Å²) in [4.78, 5) is 24.3. The van der Waals surface area contributed by atoms with Crippen molar-refractivity contribution >= 4 is 17.6 Å². The lowest BCUT2D eigenvalue weighted by molar-refractivity contribution is -0.119. The van der Waals surface area contributed by atoms with Gasteiger partial charge in [0.15, 0.2) is 6.61 Å². The van der Waals surface area contributed by atoms with Crippen molar-refractivity contribution in [3.8, 4) is 11.5 Å². The molecule has 29 heavy (non-hydrogen) atoms. The zero-order valence-electron chi connectivity index (χ0n) is 15.9. The molecule has 2 aromatic carbocycles. The van der Waals surface area contributed by atoms with Crippen molar-refractivity contribution in [1.82, 2.24) is 0 Å². The van der Waals surface area contributed by atoms with E-state index in [1.54, 1.807) is 12.1 Å². The Labute approximate surface area is 166 Å². The molecule has 0 radical (unpaired) electrons. The number of carbonyl (C=O) groups excluding carboxylic acids is 2. The van der Waals surface area contributed by atoms with E-state index >= 15 is 0 Å². The van der Waals surface area contributed by atoms with Gasteiger partial charge in [-0.25, -0.2) is 4.79 Å². The van der Waals surface area contributed by atoms with E-state index in [4.69, 9.17) is 14.2 Å². The number of hydrogen-bond acceptors (Lipinski definition) is 6. The van der Waals surface area contributed by atoms with E-state index in [2.05, 4.69) is 10.1 Å². The summed E-state index contributed by atoms with van der Waals surface area (Å²) in [5, 5.41) is 2.37. The van der Waals surface area contributed by atoms with Gasteiger partial charge in [-0.05, 0) is 37.3 Å². The highest BCUT2D eigenvalue weighted by atomic mass is 19.3. The Morgan fingerprint density at radius 3 is 2.55 bits per heavy atom. The summed E-state index contributed by atoms with van der Waals surface area (Å²) >= 11 is 0. The first-order valence-corrected chi connectivity index (χ1v) is 8.70. The van der Waals surface area contributed by atoms with Gasteiger partial charge in [-0.3, -0.25) is 4.79 Å². The maximum Gasteiger partial charge on any atom is 0.387 e. The Balaban J connectivity index is 1.98. The van der Waals surface area contributed by atoms with Crippen LogP contribution in [0.15, 0.2) is 42.5 Å². The van der Waals surface area contributed by atoms with Crippen molar-refractivity contribution < 1.29 is 37.3 Å². The third-order valence-corrected chi connectivity index (χ3v) is 3.69. The molecule has 0 saturated heterocycles. The van der Waals surface area contributed by atoms with E-state index < -0.39 is 25.1 Å². The van der Waals surface area contributed by atoms with Gasteiger partial charge in [0.25, 0.3) is 5.91 Å². The lowest BCUT2D eigenvalue weighted by Crippen LogP contribution is -2.21. The fourth-order valence-corrected chi connectivity index (χ4v) is 2.40. The summed E-state index contributed by atoms with van der Waals surface area (Å²) in [7, 11) is 1.50. The summed E-state index contributed by atoms with van der Waals surface area (Å²) in [6.07, 6.45) is 0. The highest BCUT2D eigenvalue weighted by molar-refractivity contribution is 5.96. The highest BCUT2D eigenvalue weighted by Gasteiger charge is 2.15. The number of hydrogen-bond donors (Lipinski definition) is 1. The number of nitrogens with one attached hydrogen (secondary N) is 1. The van der Waals surface area contributed by atoms with Crippen LogP contribution in [-0.2, 0) is 20.9 Å². The van der Waals surface area contributed by atoms with Gasteiger partial charge in [0, 0.05) is 12.2 Å². The van der Waals surface area contributed by atoms with Gasteiger partial charge < -0.3 is 24.3 Å². The van der Waals surface area contributed by atoms with Gasteiger partial charge >= 0.3 is 12.6 Å². The van der Waals surface area contributed by atoms with E-state index in [0.29, 0.717) is 17.9 Å². The minimum absolute atomic E-state index is 0.0392. The average Bonchev–Trinajstić information content (AvgIpc) is 2.71. The van der Waals surface area contributed by atoms with Crippen LogP contribution in [0.4, 0.5) is 14.5 Å². The second kappa shape index (κ2) is 11.0. The standard InChI is InChI=1S/C20H21F2NO6/c1-3-27-11-14-10-13(8-9-16(14)26-2)19(25)28-12-18(24)23-15-6-4-5-7-17(15)29-20(21)22/h4-10,20H,3,11-12H2,1-2H3,(H,23,24). The number of carbonyl (C=O) groups is 2. The second-order valence-corrected chi connectivity index (χ2v) is 5.66. The van der Waals surface area contributed by atoms with Crippen molar-refractivity contribution in [2.75, 3.05) is 25.6 Å². The summed E-state index contributed by atoms with van der Waals surface area (Å²) in [5.41, 5.74) is 0.915. The molecule has 0 aliphatic rings. The van der Waals surface area contributed by atoms with Crippen LogP contribution in [0.1, 0.15) is 22.8 Å². The summed E-state index contributed by atoms with van der Waals surface area (Å²) in [6.45, 7) is -1.05. The van der Waals surface area contributed by atoms with Crippen LogP contribution >= 0.6 is 0 Å². The molecule has 2 rings (SSSR count). The van der Waals surface area contributed by atoms with Gasteiger partial charge in [0.05, 0.1) is 25.0 Å². The highest BCUT2D eigenvalue weighted by Crippen LogP contribution is 2.25. The molecule has 0 aliphatic heterocycles. The number of ether oxygens (including phenoxy) is 4. The maximum absolute atomic E-state index is 12.4. The molecule has 0 atom stereocenters. The minimum Gasteiger partial charge on any atom is -0.496 e. The van der Waals surface area contributed by atoms with Crippen molar-refractivity contribution in [3.63, 3.8) is 0 Å². The monoisotopic (exact) mass is 409 g/mol. The molecule has 0 aliphatic carbocycles. The fraction of sp³-hybridized carbons (Fsp3) is 0.300. The van der Waals surface area contributed by atoms with Crippen LogP contribution in [0.3, 0.4) is 0 Å². The molecule has 0 aromatic heterocycles. The third kappa shape index (κ3) is 6.72. The molecule has 7 nitrogen and oxygen atoms in total. The van der Waals surface area contributed by atoms with Crippen LogP contribution in [0.5, 0.6) is 11.5 Å². The maximum atomic E-state index is 12.4. The van der Waals surface area contributed by atoms with Crippen molar-refractivity contribution in [3.05, 3.63) is 53.6 Å². The summed E-state index contributed by atoms with van der Waals surface area (Å²) in [5.74, 6) is -1.06. The number of halogens is 2. The summed E-state index contributed by atoms with van der Waals surface area (Å²) in [6, 6.07) is 10.4. The van der Waals surface area contributed by atoms with Crippen LogP contribution in [0, 0.1) is 0 Å². The number of benzene rings is 2. The predicted molar refractivity (Wildman–Crippen MR) is 100 cm³/mol. The average molecular weight is 409 g/mol. The first-order chi connectivity index (χ1) is 13.9. The van der Waals surface area contributed by atoms with E-state index in [0.717, 1.165) is 0 Å². The number of amides is 1. The number of methoxy groups -OCH3 is 1. The molecule has 1 N–H and O–H groups in total. The van der Waals surface area contributed by atoms with E-state index in [1.807, 2.05) is 6.92 Å². The Morgan fingerprint density at radius 1 is 1.10 bits per heavy atom. The predicted octanol–water partition coefficient (Wildman–Crippen LogP) is 3.63. The van der Waals surface area contributed by atoms with Gasteiger partial charge in [-0.2, -0.15) is 8.78 Å². The molecule has 0 heterocycles. The zero-order valence-corrected chi connectivity index (χ0v) is 15.9. The van der Waals surface area contributed by atoms with E-state index in [9.17, 15) is 18.4 Å². The molecule has 0 saturated carbocycles. The summed E-state index contributed by atoms with van der Waals surface area (Å²) < 4.78 is 44.7. The smallest absolute Gasteiger partial charge is 0.387 e. The van der Waals surface area contributed by atoms with Crippen LogP contribution in [-0.4, -0.2) is 38.8 Å². The lowest BCUT2D eigenvalue weighted by atomic mass is 10.1. The Morgan fingerprint density at radius 2 is 1.86 bits per heavy atom. The SMILES string of the molecule is CCOCc1cc(C(=O)OCC(=O)Nc2ccccc2OC(F)F)ccc1OC. The van der Waals surface area contributed by atoms with Crippen molar-refractivity contribution in [2.45, 2.75) is 20.1 Å². The molecule has 0 unspecified atom stereocenters. The topological polar surface area (TPSA) is 83.1 Å². The normalized spacial score (nSPS) is 10.5. The Kier molecular flexibility index (Phi) is 8.35. The Bertz CT molecular complexity index is 843. The van der Waals surface area contributed by atoms with Gasteiger partial charge in [0.2, 0.25) is 0 Å². The molecule has 156 valence electrons. The Hall–Kier alpha value is -3.20. The van der Waals surface area contributed by atoms with E-state index in [-0.39, 0.29) is 23.6 Å². The molecule has 9 heteroatoms. The number of esters is 1. The van der Waals surface area contributed by atoms with E-state index in [1.165, 1.54) is 37.4 Å². The largest absolute Gasteiger partial charge is 0.496 e. The first kappa shape index (κ1) is 22.1. The third-order valence-electron chi connectivity index (χ3n) is 3.69. The minimum atomic E-state index is -3.04. The van der Waals surface area contributed by atoms with Crippen LogP contribution < -0.4 is 14.8 Å². The zero-order chi connectivity index (χ0) is 21.2. The molecule has 0 spiro atoms. The fourth-order valence-electron chi connectivity index (χ4n) is 2.40. The van der Waals surface area contributed by atoms with Crippen molar-refractivity contribution in [1.29, 1.82) is 0 Å². The number of anilines is 1. The number of rotatable bonds is 10. The van der Waals surface area contributed by atoms with Crippen LogP contribution in [0.2, 0.25) is 0 Å². The number of para-hydroxylation sites is 2. The quantitative estimate of drug-likeness (QED) is 0.604. The van der Waals surface area contributed by atoms with Crippen molar-refractivity contribution in [2.24, 2.45) is 0 Å². The molecular formula is C20H21F2NO6. The van der Waals surface area contributed by atoms with Gasteiger partial charge in [-0.15, -0.1) is 0 Å². The molecule has 2 aromatic rings. The molecular weight excluding hydrogens is 388 g/mol. The molecule has 0 fully saturated rings. The number of alkyl halides is 2. The lowest BCUT2D eigenvalue weighted by Gasteiger charge is -2.12. The molecule has 0 bridgehead atoms. The molecule has 1 amide bonds. The second-order valence-electron chi connectivity index (χ2n) is 5.66. The van der Waals surface area contributed by atoms with Gasteiger partial charge in [-0.1, -0.05) is 12.1 Å². The first-order valence-electron chi connectivity index (χ1n) is 8.70.